The Hall–Kier alpha value is -2.40. The van der Waals surface area contributed by atoms with Gasteiger partial charge >= 0.3 is 0 Å². The van der Waals surface area contributed by atoms with Crippen molar-refractivity contribution in [3.8, 4) is 11.5 Å². The summed E-state index contributed by atoms with van der Waals surface area (Å²) < 4.78 is 37.9. The first-order chi connectivity index (χ1) is 14.8. The van der Waals surface area contributed by atoms with Gasteiger partial charge in [-0.25, -0.2) is 13.4 Å². The lowest BCUT2D eigenvalue weighted by Gasteiger charge is -2.36. The Labute approximate surface area is 187 Å². The van der Waals surface area contributed by atoms with Crippen LogP contribution >= 0.6 is 11.6 Å². The number of pyridine rings is 1. The Morgan fingerprint density at radius 2 is 1.77 bits per heavy atom. The van der Waals surface area contributed by atoms with Crippen LogP contribution in [0, 0.1) is 0 Å². The van der Waals surface area contributed by atoms with Gasteiger partial charge in [-0.05, 0) is 31.2 Å². The highest BCUT2D eigenvalue weighted by Crippen LogP contribution is 2.31. The SMILES string of the molecule is COc1ccc(S(=O)(=O)N2CCN([C@H](C)C(=O)Nc3ccc(Cl)cn3)CC2)cc1OC. The quantitative estimate of drug-likeness (QED) is 0.663. The molecule has 2 aromatic rings. The van der Waals surface area contributed by atoms with E-state index in [0.29, 0.717) is 35.4 Å². The largest absolute Gasteiger partial charge is 0.493 e. The Balaban J connectivity index is 1.62. The van der Waals surface area contributed by atoms with Crippen molar-refractivity contribution in [1.82, 2.24) is 14.2 Å². The van der Waals surface area contributed by atoms with E-state index in [2.05, 4.69) is 10.3 Å². The first-order valence-electron chi connectivity index (χ1n) is 9.65. The molecule has 0 bridgehead atoms. The van der Waals surface area contributed by atoms with Crippen LogP contribution in [0.4, 0.5) is 5.82 Å². The summed E-state index contributed by atoms with van der Waals surface area (Å²) in [5.74, 6) is 1.01. The maximum atomic E-state index is 13.0. The van der Waals surface area contributed by atoms with Crippen LogP contribution in [-0.2, 0) is 14.8 Å². The van der Waals surface area contributed by atoms with E-state index in [1.54, 1.807) is 25.1 Å². The molecule has 1 aromatic heterocycles. The Morgan fingerprint density at radius 1 is 1.10 bits per heavy atom. The van der Waals surface area contributed by atoms with Crippen molar-refractivity contribution in [2.24, 2.45) is 0 Å². The Morgan fingerprint density at radius 3 is 2.35 bits per heavy atom. The van der Waals surface area contributed by atoms with Gasteiger partial charge in [0.15, 0.2) is 11.5 Å². The Kier molecular flexibility index (Phi) is 7.37. The van der Waals surface area contributed by atoms with Crippen LogP contribution in [0.5, 0.6) is 11.5 Å². The molecular formula is C20H25ClN4O5S. The third kappa shape index (κ3) is 5.27. The van der Waals surface area contributed by atoms with Crippen molar-refractivity contribution in [2.75, 3.05) is 45.7 Å². The van der Waals surface area contributed by atoms with Crippen LogP contribution in [0.1, 0.15) is 6.92 Å². The third-order valence-electron chi connectivity index (χ3n) is 5.17. The number of amides is 1. The summed E-state index contributed by atoms with van der Waals surface area (Å²) in [5, 5.41) is 3.23. The number of rotatable bonds is 7. The fourth-order valence-corrected chi connectivity index (χ4v) is 4.85. The lowest BCUT2D eigenvalue weighted by molar-refractivity contribution is -0.121. The summed E-state index contributed by atoms with van der Waals surface area (Å²) in [6.07, 6.45) is 1.46. The molecule has 2 heterocycles. The second-order valence-corrected chi connectivity index (χ2v) is 9.36. The topological polar surface area (TPSA) is 101 Å². The molecule has 168 valence electrons. The lowest BCUT2D eigenvalue weighted by Crippen LogP contribution is -2.53. The summed E-state index contributed by atoms with van der Waals surface area (Å²) in [7, 11) is -0.745. The number of carbonyl (C=O) groups excluding carboxylic acids is 1. The predicted molar refractivity (Wildman–Crippen MR) is 117 cm³/mol. The minimum absolute atomic E-state index is 0.137. The van der Waals surface area contributed by atoms with Crippen LogP contribution in [0.3, 0.4) is 0 Å². The van der Waals surface area contributed by atoms with Gasteiger partial charge in [0.05, 0.1) is 30.2 Å². The zero-order chi connectivity index (χ0) is 22.6. The highest BCUT2D eigenvalue weighted by Gasteiger charge is 2.32. The number of benzene rings is 1. The standard InChI is InChI=1S/C20H25ClN4O5S/c1-14(20(26)23-19-7-4-15(21)13-22-19)24-8-10-25(11-9-24)31(27,28)16-5-6-17(29-2)18(12-16)30-3/h4-7,12-14H,8-11H2,1-3H3,(H,22,23,26)/t14-/m1/s1. The van der Waals surface area contributed by atoms with E-state index in [0.717, 1.165) is 0 Å². The normalized spacial score (nSPS) is 16.5. The van der Waals surface area contributed by atoms with E-state index < -0.39 is 16.1 Å². The van der Waals surface area contributed by atoms with Gasteiger partial charge in [-0.15, -0.1) is 0 Å². The molecule has 9 nitrogen and oxygen atoms in total. The van der Waals surface area contributed by atoms with Crippen molar-refractivity contribution in [2.45, 2.75) is 17.9 Å². The monoisotopic (exact) mass is 468 g/mol. The number of nitrogens with one attached hydrogen (secondary N) is 1. The molecule has 1 aliphatic heterocycles. The zero-order valence-electron chi connectivity index (χ0n) is 17.5. The molecule has 1 amide bonds. The van der Waals surface area contributed by atoms with E-state index in [9.17, 15) is 13.2 Å². The van der Waals surface area contributed by atoms with E-state index in [4.69, 9.17) is 21.1 Å². The number of aromatic nitrogens is 1. The predicted octanol–water partition coefficient (Wildman–Crippen LogP) is 2.09. The second kappa shape index (κ2) is 9.82. The molecule has 1 atom stereocenters. The molecule has 0 aliphatic carbocycles. The highest BCUT2D eigenvalue weighted by molar-refractivity contribution is 7.89. The summed E-state index contributed by atoms with van der Waals surface area (Å²) in [6, 6.07) is 7.35. The van der Waals surface area contributed by atoms with Gasteiger partial charge in [0.2, 0.25) is 15.9 Å². The molecule has 11 heteroatoms. The number of nitrogens with zero attached hydrogens (tertiary/aromatic N) is 3. The fraction of sp³-hybridized carbons (Fsp3) is 0.400. The number of hydrogen-bond acceptors (Lipinski definition) is 7. The van der Waals surface area contributed by atoms with Gasteiger partial charge in [0, 0.05) is 38.4 Å². The van der Waals surface area contributed by atoms with E-state index in [-0.39, 0.29) is 23.9 Å². The lowest BCUT2D eigenvalue weighted by atomic mass is 10.2. The fourth-order valence-electron chi connectivity index (χ4n) is 3.30. The minimum Gasteiger partial charge on any atom is -0.493 e. The van der Waals surface area contributed by atoms with E-state index >= 15 is 0 Å². The molecular weight excluding hydrogens is 444 g/mol. The molecule has 1 fully saturated rings. The number of methoxy groups -OCH3 is 2. The number of halogens is 1. The Bertz CT molecular complexity index is 1020. The van der Waals surface area contributed by atoms with Gasteiger partial charge < -0.3 is 14.8 Å². The van der Waals surface area contributed by atoms with Gasteiger partial charge in [0.25, 0.3) is 0 Å². The molecule has 0 unspecified atom stereocenters. The number of carbonyl (C=O) groups is 1. The van der Waals surface area contributed by atoms with Gasteiger partial charge in [-0.1, -0.05) is 11.6 Å². The van der Waals surface area contributed by atoms with Gasteiger partial charge in [0.1, 0.15) is 5.82 Å². The summed E-state index contributed by atoms with van der Waals surface area (Å²) in [6.45, 7) is 3.18. The molecule has 0 saturated carbocycles. The van der Waals surface area contributed by atoms with Crippen molar-refractivity contribution in [3.63, 3.8) is 0 Å². The second-order valence-electron chi connectivity index (χ2n) is 6.98. The molecule has 1 N–H and O–H groups in total. The van der Waals surface area contributed by atoms with Crippen LogP contribution in [0.25, 0.3) is 0 Å². The van der Waals surface area contributed by atoms with E-state index in [1.807, 2.05) is 4.90 Å². The molecule has 1 aromatic carbocycles. The number of hydrogen-bond donors (Lipinski definition) is 1. The van der Waals surface area contributed by atoms with Crippen molar-refractivity contribution in [1.29, 1.82) is 0 Å². The number of sulfonamides is 1. The maximum absolute atomic E-state index is 13.0. The zero-order valence-corrected chi connectivity index (χ0v) is 19.1. The van der Waals surface area contributed by atoms with Crippen molar-refractivity contribution in [3.05, 3.63) is 41.6 Å². The summed E-state index contributed by atoms with van der Waals surface area (Å²) >= 11 is 5.81. The maximum Gasteiger partial charge on any atom is 0.243 e. The van der Waals surface area contributed by atoms with Crippen molar-refractivity contribution >= 4 is 33.3 Å². The highest BCUT2D eigenvalue weighted by atomic mass is 35.5. The average Bonchev–Trinajstić information content (AvgIpc) is 2.79. The van der Waals surface area contributed by atoms with Crippen LogP contribution < -0.4 is 14.8 Å². The molecule has 3 rings (SSSR count). The summed E-state index contributed by atoms with van der Waals surface area (Å²) in [4.78, 5) is 18.7. The third-order valence-corrected chi connectivity index (χ3v) is 7.29. The number of piperazine rings is 1. The average molecular weight is 469 g/mol. The smallest absolute Gasteiger partial charge is 0.243 e. The number of ether oxygens (including phenoxy) is 2. The molecule has 0 radical (unpaired) electrons. The molecule has 1 aliphatic rings. The first-order valence-corrected chi connectivity index (χ1v) is 11.5. The minimum atomic E-state index is -3.69. The van der Waals surface area contributed by atoms with Gasteiger partial charge in [-0.3, -0.25) is 9.69 Å². The van der Waals surface area contributed by atoms with Crippen LogP contribution in [0.2, 0.25) is 5.02 Å². The molecule has 1 saturated heterocycles. The molecule has 0 spiro atoms. The van der Waals surface area contributed by atoms with Crippen molar-refractivity contribution < 1.29 is 22.7 Å². The first kappa shape index (κ1) is 23.3. The number of anilines is 1. The molecule has 31 heavy (non-hydrogen) atoms. The van der Waals surface area contributed by atoms with Gasteiger partial charge in [-0.2, -0.15) is 4.31 Å². The van der Waals surface area contributed by atoms with Crippen LogP contribution in [0.15, 0.2) is 41.4 Å². The summed E-state index contributed by atoms with van der Waals surface area (Å²) in [5.41, 5.74) is 0. The van der Waals surface area contributed by atoms with Crippen LogP contribution in [-0.4, -0.2) is 75.0 Å². The van der Waals surface area contributed by atoms with E-state index in [1.165, 1.54) is 36.9 Å².